The maximum absolute atomic E-state index is 12.4. The summed E-state index contributed by atoms with van der Waals surface area (Å²) in [5.41, 5.74) is 0.158. The number of nitriles is 1. The average Bonchev–Trinajstić information content (AvgIpc) is 2.80. The van der Waals surface area contributed by atoms with E-state index in [0.29, 0.717) is 44.1 Å². The summed E-state index contributed by atoms with van der Waals surface area (Å²) < 4.78 is 11.5. The number of carbonyl (C=O) groups is 1. The molecular formula is C20H23BrN6O4. The van der Waals surface area contributed by atoms with Crippen LogP contribution in [0.15, 0.2) is 33.8 Å². The Labute approximate surface area is 187 Å². The van der Waals surface area contributed by atoms with Crippen molar-refractivity contribution in [1.29, 1.82) is 5.26 Å². The Morgan fingerprint density at radius 3 is 2.77 bits per heavy atom. The van der Waals surface area contributed by atoms with Crippen LogP contribution in [-0.4, -0.2) is 71.5 Å². The number of anilines is 1. The summed E-state index contributed by atoms with van der Waals surface area (Å²) in [5.74, 6) is 1.19. The highest BCUT2D eigenvalue weighted by molar-refractivity contribution is 9.10. The number of H-pyrrole nitrogens is 1. The fraction of sp³-hybridized carbons (Fsp3) is 0.450. The third-order valence-electron chi connectivity index (χ3n) is 4.74. The SMILES string of the molecule is C[C@@H](COCCC(=O)N1CCN(c2ccc(C#N)cn2)CC1)Oc1cn[nH]c(=O)c1Br. The number of pyridine rings is 1. The number of aromatic amines is 1. The van der Waals surface area contributed by atoms with Gasteiger partial charge in [-0.1, -0.05) is 0 Å². The van der Waals surface area contributed by atoms with Crippen LogP contribution in [0.25, 0.3) is 0 Å². The van der Waals surface area contributed by atoms with E-state index in [1.54, 1.807) is 12.3 Å². The minimum atomic E-state index is -0.369. The Morgan fingerprint density at radius 2 is 2.10 bits per heavy atom. The van der Waals surface area contributed by atoms with Gasteiger partial charge in [-0.3, -0.25) is 9.59 Å². The summed E-state index contributed by atoms with van der Waals surface area (Å²) in [5, 5.41) is 14.9. The summed E-state index contributed by atoms with van der Waals surface area (Å²) in [6.45, 7) is 4.99. The number of hydrogen-bond acceptors (Lipinski definition) is 8. The van der Waals surface area contributed by atoms with Gasteiger partial charge in [-0.15, -0.1) is 0 Å². The van der Waals surface area contributed by atoms with Crippen LogP contribution < -0.4 is 15.2 Å². The second kappa shape index (κ2) is 10.9. The Hall–Kier alpha value is -2.97. The molecule has 164 valence electrons. The lowest BCUT2D eigenvalue weighted by atomic mass is 10.2. The van der Waals surface area contributed by atoms with Gasteiger partial charge < -0.3 is 19.3 Å². The van der Waals surface area contributed by atoms with E-state index in [9.17, 15) is 9.59 Å². The molecule has 1 fully saturated rings. The minimum absolute atomic E-state index is 0.0440. The number of hydrogen-bond donors (Lipinski definition) is 1. The first kappa shape index (κ1) is 22.7. The van der Waals surface area contributed by atoms with Gasteiger partial charge in [0.1, 0.15) is 22.5 Å². The molecule has 2 aromatic heterocycles. The van der Waals surface area contributed by atoms with Gasteiger partial charge in [0.25, 0.3) is 5.56 Å². The number of nitrogens with one attached hydrogen (secondary N) is 1. The lowest BCUT2D eigenvalue weighted by molar-refractivity contribution is -0.132. The molecule has 10 nitrogen and oxygen atoms in total. The first-order valence-electron chi connectivity index (χ1n) is 9.84. The molecule has 0 radical (unpaired) electrons. The molecule has 1 N–H and O–H groups in total. The van der Waals surface area contributed by atoms with Crippen molar-refractivity contribution in [2.45, 2.75) is 19.4 Å². The van der Waals surface area contributed by atoms with Crippen LogP contribution in [0.2, 0.25) is 0 Å². The Bertz CT molecular complexity index is 982. The van der Waals surface area contributed by atoms with E-state index in [0.717, 1.165) is 5.82 Å². The molecule has 0 saturated carbocycles. The Morgan fingerprint density at radius 1 is 1.32 bits per heavy atom. The van der Waals surface area contributed by atoms with Crippen molar-refractivity contribution in [2.75, 3.05) is 44.3 Å². The molecule has 31 heavy (non-hydrogen) atoms. The van der Waals surface area contributed by atoms with Crippen molar-refractivity contribution in [3.8, 4) is 11.8 Å². The van der Waals surface area contributed by atoms with Gasteiger partial charge in [-0.2, -0.15) is 10.4 Å². The predicted molar refractivity (Wildman–Crippen MR) is 116 cm³/mol. The summed E-state index contributed by atoms with van der Waals surface area (Å²) in [4.78, 5) is 32.2. The van der Waals surface area contributed by atoms with E-state index in [1.165, 1.54) is 6.20 Å². The molecule has 11 heteroatoms. The van der Waals surface area contributed by atoms with Crippen molar-refractivity contribution in [2.24, 2.45) is 0 Å². The number of aromatic nitrogens is 3. The average molecular weight is 491 g/mol. The standard InChI is InChI=1S/C20H23BrN6O4/c1-14(31-16-12-24-25-20(29)19(16)21)13-30-9-4-18(28)27-7-5-26(6-8-27)17-3-2-15(10-22)11-23-17/h2-3,11-12,14H,4-9,13H2,1H3,(H,25,29)/t14-/m0/s1. The molecule has 0 aliphatic carbocycles. The molecule has 1 aliphatic heterocycles. The van der Waals surface area contributed by atoms with Crippen LogP contribution in [-0.2, 0) is 9.53 Å². The zero-order valence-corrected chi connectivity index (χ0v) is 18.7. The highest BCUT2D eigenvalue weighted by Gasteiger charge is 2.21. The quantitative estimate of drug-likeness (QED) is 0.549. The molecule has 3 rings (SSSR count). The smallest absolute Gasteiger partial charge is 0.282 e. The van der Waals surface area contributed by atoms with Gasteiger partial charge in [0, 0.05) is 32.4 Å². The van der Waals surface area contributed by atoms with Crippen LogP contribution in [0.1, 0.15) is 18.9 Å². The fourth-order valence-electron chi connectivity index (χ4n) is 3.09. The first-order valence-corrected chi connectivity index (χ1v) is 10.6. The van der Waals surface area contributed by atoms with E-state index in [2.05, 4.69) is 42.1 Å². The molecule has 3 heterocycles. The largest absolute Gasteiger partial charge is 0.485 e. The molecular weight excluding hydrogens is 468 g/mol. The highest BCUT2D eigenvalue weighted by atomic mass is 79.9. The second-order valence-corrected chi connectivity index (χ2v) is 7.81. The van der Waals surface area contributed by atoms with E-state index >= 15 is 0 Å². The summed E-state index contributed by atoms with van der Waals surface area (Å²) in [7, 11) is 0. The van der Waals surface area contributed by atoms with Crippen molar-refractivity contribution in [3.05, 3.63) is 44.9 Å². The molecule has 0 aromatic carbocycles. The van der Waals surface area contributed by atoms with Crippen molar-refractivity contribution >= 4 is 27.7 Å². The van der Waals surface area contributed by atoms with Crippen LogP contribution in [0.5, 0.6) is 5.75 Å². The van der Waals surface area contributed by atoms with Crippen LogP contribution in [0.4, 0.5) is 5.82 Å². The normalized spacial score (nSPS) is 14.7. The zero-order chi connectivity index (χ0) is 22.2. The third kappa shape index (κ3) is 6.26. The van der Waals surface area contributed by atoms with Crippen LogP contribution >= 0.6 is 15.9 Å². The summed E-state index contributed by atoms with van der Waals surface area (Å²) in [6.07, 6.45) is 2.95. The van der Waals surface area contributed by atoms with E-state index < -0.39 is 0 Å². The molecule has 2 aromatic rings. The fourth-order valence-corrected chi connectivity index (χ4v) is 3.38. The summed E-state index contributed by atoms with van der Waals surface area (Å²) >= 11 is 3.16. The van der Waals surface area contributed by atoms with Gasteiger partial charge in [0.2, 0.25) is 5.91 Å². The van der Waals surface area contributed by atoms with Crippen molar-refractivity contribution < 1.29 is 14.3 Å². The van der Waals surface area contributed by atoms with E-state index in [1.807, 2.05) is 17.9 Å². The number of ether oxygens (including phenoxy) is 2. The lowest BCUT2D eigenvalue weighted by Gasteiger charge is -2.35. The number of nitrogens with zero attached hydrogens (tertiary/aromatic N) is 5. The third-order valence-corrected chi connectivity index (χ3v) is 5.49. The maximum Gasteiger partial charge on any atom is 0.282 e. The van der Waals surface area contributed by atoms with Gasteiger partial charge in [0.15, 0.2) is 5.75 Å². The molecule has 0 spiro atoms. The van der Waals surface area contributed by atoms with Crippen LogP contribution in [0, 0.1) is 11.3 Å². The molecule has 1 atom stereocenters. The highest BCUT2D eigenvalue weighted by Crippen LogP contribution is 2.19. The van der Waals surface area contributed by atoms with Gasteiger partial charge in [-0.05, 0) is 35.0 Å². The molecule has 0 bridgehead atoms. The molecule has 1 aliphatic rings. The minimum Gasteiger partial charge on any atom is -0.485 e. The Balaban J connectivity index is 1.35. The number of carbonyl (C=O) groups excluding carboxylic acids is 1. The van der Waals surface area contributed by atoms with E-state index in [4.69, 9.17) is 14.7 Å². The number of rotatable bonds is 8. The monoisotopic (exact) mass is 490 g/mol. The lowest BCUT2D eigenvalue weighted by Crippen LogP contribution is -2.49. The van der Waals surface area contributed by atoms with Gasteiger partial charge in [-0.25, -0.2) is 10.1 Å². The number of amides is 1. The second-order valence-electron chi connectivity index (χ2n) is 7.02. The number of halogens is 1. The molecule has 1 saturated heterocycles. The Kier molecular flexibility index (Phi) is 7.97. The van der Waals surface area contributed by atoms with Gasteiger partial charge >= 0.3 is 0 Å². The topological polar surface area (TPSA) is 124 Å². The maximum atomic E-state index is 12.4. The van der Waals surface area contributed by atoms with E-state index in [-0.39, 0.29) is 35.1 Å². The number of piperazine rings is 1. The first-order chi connectivity index (χ1) is 15.0. The van der Waals surface area contributed by atoms with Crippen molar-refractivity contribution in [3.63, 3.8) is 0 Å². The van der Waals surface area contributed by atoms with Gasteiger partial charge in [0.05, 0.1) is 31.4 Å². The molecule has 1 amide bonds. The zero-order valence-electron chi connectivity index (χ0n) is 17.1. The molecule has 0 unspecified atom stereocenters. The summed E-state index contributed by atoms with van der Waals surface area (Å²) in [6, 6.07) is 5.62. The van der Waals surface area contributed by atoms with Crippen LogP contribution in [0.3, 0.4) is 0 Å². The predicted octanol–water partition coefficient (Wildman–Crippen LogP) is 1.32. The van der Waals surface area contributed by atoms with Crippen molar-refractivity contribution in [1.82, 2.24) is 20.1 Å².